The Morgan fingerprint density at radius 1 is 1.00 bits per heavy atom. The fourth-order valence-electron chi connectivity index (χ4n) is 4.35. The Morgan fingerprint density at radius 3 is 2.41 bits per heavy atom. The molecule has 0 aliphatic carbocycles. The topological polar surface area (TPSA) is 72.3 Å². The molecule has 1 aromatic heterocycles. The minimum absolute atomic E-state index is 0.167. The van der Waals surface area contributed by atoms with E-state index in [0.29, 0.717) is 5.16 Å². The summed E-state index contributed by atoms with van der Waals surface area (Å²) < 4.78 is 7.25. The summed E-state index contributed by atoms with van der Waals surface area (Å²) in [5, 5.41) is 9.23. The van der Waals surface area contributed by atoms with Crippen molar-refractivity contribution in [2.45, 2.75) is 42.1 Å². The van der Waals surface area contributed by atoms with Crippen molar-refractivity contribution < 1.29 is 9.53 Å². The van der Waals surface area contributed by atoms with Crippen molar-refractivity contribution in [1.82, 2.24) is 19.8 Å². The average Bonchev–Trinajstić information content (AvgIpc) is 3.07. The van der Waals surface area contributed by atoms with Crippen molar-refractivity contribution in [1.29, 1.82) is 0 Å². The minimum Gasteiger partial charge on any atom is -0.497 e. The molecule has 1 N–H and O–H groups in total. The Balaban J connectivity index is 1.51. The van der Waals surface area contributed by atoms with Crippen molar-refractivity contribution >= 4 is 17.7 Å². The number of fused-ring (bicyclic) bond motifs is 1. The molecule has 8 heteroatoms. The van der Waals surface area contributed by atoms with Gasteiger partial charge in [0.1, 0.15) is 11.0 Å². The van der Waals surface area contributed by atoms with Gasteiger partial charge in [-0.25, -0.2) is 4.68 Å². The molecule has 2 atom stereocenters. The maximum Gasteiger partial charge on any atom is 0.238 e. The minimum atomic E-state index is -0.318. The number of nitrogens with one attached hydrogen (secondary N) is 1. The Hall–Kier alpha value is -3.00. The molecule has 0 saturated carbocycles. The smallest absolute Gasteiger partial charge is 0.238 e. The molecule has 166 valence electrons. The van der Waals surface area contributed by atoms with Gasteiger partial charge < -0.3 is 15.1 Å². The second-order valence-electron chi connectivity index (χ2n) is 8.17. The Bertz CT molecular complexity index is 1060. The highest BCUT2D eigenvalue weighted by Crippen LogP contribution is 2.40. The van der Waals surface area contributed by atoms with Gasteiger partial charge >= 0.3 is 0 Å². The lowest BCUT2D eigenvalue weighted by molar-refractivity contribution is -0.131. The van der Waals surface area contributed by atoms with Crippen molar-refractivity contribution in [2.24, 2.45) is 0 Å². The van der Waals surface area contributed by atoms with Crippen LogP contribution in [0.2, 0.25) is 0 Å². The predicted molar refractivity (Wildman–Crippen MR) is 125 cm³/mol. The number of amides is 1. The predicted octanol–water partition coefficient (Wildman–Crippen LogP) is 4.12. The Kier molecular flexibility index (Phi) is 6.03. The normalized spacial score (nSPS) is 20.7. The number of nitrogens with zero attached hydrogens (tertiary/aromatic N) is 4. The van der Waals surface area contributed by atoms with Gasteiger partial charge in [0.25, 0.3) is 0 Å². The molecule has 2 unspecified atom stereocenters. The van der Waals surface area contributed by atoms with Crippen molar-refractivity contribution in [3.05, 3.63) is 60.2 Å². The molecule has 3 heterocycles. The molecule has 1 amide bonds. The van der Waals surface area contributed by atoms with Crippen LogP contribution in [0.5, 0.6) is 5.75 Å². The SMILES string of the molecule is COc1ccc(C2Nn3c(nnc3-c3ccccc3)SC2C(=O)N2CCCCCC2)cc1. The first kappa shape index (κ1) is 20.9. The zero-order chi connectivity index (χ0) is 21.9. The van der Waals surface area contributed by atoms with Crippen LogP contribution in [0.1, 0.15) is 37.3 Å². The van der Waals surface area contributed by atoms with E-state index in [1.165, 1.54) is 24.6 Å². The third-order valence-corrected chi connectivity index (χ3v) is 7.31. The van der Waals surface area contributed by atoms with Gasteiger partial charge in [-0.05, 0) is 30.5 Å². The number of hydrogen-bond donors (Lipinski definition) is 1. The molecule has 7 nitrogen and oxygen atoms in total. The quantitative estimate of drug-likeness (QED) is 0.646. The molecule has 2 aliphatic rings. The summed E-state index contributed by atoms with van der Waals surface area (Å²) in [6.07, 6.45) is 4.52. The lowest BCUT2D eigenvalue weighted by atomic mass is 10.0. The molecular formula is C24H27N5O2S. The van der Waals surface area contributed by atoms with E-state index in [9.17, 15) is 4.79 Å². The van der Waals surface area contributed by atoms with E-state index in [0.717, 1.165) is 48.6 Å². The number of carbonyl (C=O) groups is 1. The number of rotatable bonds is 4. The molecule has 0 radical (unpaired) electrons. The number of likely N-dealkylation sites (tertiary alicyclic amines) is 1. The number of thioether (sulfide) groups is 1. The van der Waals surface area contributed by atoms with E-state index < -0.39 is 0 Å². The number of carbonyl (C=O) groups excluding carboxylic acids is 1. The maximum atomic E-state index is 13.7. The lowest BCUT2D eigenvalue weighted by Crippen LogP contribution is -2.46. The summed E-state index contributed by atoms with van der Waals surface area (Å²) in [5.41, 5.74) is 5.58. The Morgan fingerprint density at radius 2 is 1.72 bits per heavy atom. The molecule has 2 aliphatic heterocycles. The number of aromatic nitrogens is 3. The molecule has 1 fully saturated rings. The summed E-state index contributed by atoms with van der Waals surface area (Å²) in [4.78, 5) is 15.7. The van der Waals surface area contributed by atoms with Crippen LogP contribution < -0.4 is 10.2 Å². The number of benzene rings is 2. The molecule has 1 saturated heterocycles. The van der Waals surface area contributed by atoms with Gasteiger partial charge in [0.15, 0.2) is 5.82 Å². The van der Waals surface area contributed by atoms with E-state index >= 15 is 0 Å². The van der Waals surface area contributed by atoms with Gasteiger partial charge in [-0.1, -0.05) is 67.1 Å². The van der Waals surface area contributed by atoms with Crippen molar-refractivity contribution in [2.75, 3.05) is 25.6 Å². The van der Waals surface area contributed by atoms with Crippen LogP contribution in [-0.4, -0.2) is 51.1 Å². The van der Waals surface area contributed by atoms with Crippen molar-refractivity contribution in [3.63, 3.8) is 0 Å². The van der Waals surface area contributed by atoms with Gasteiger partial charge in [0.05, 0.1) is 13.2 Å². The van der Waals surface area contributed by atoms with Crippen LogP contribution in [0.4, 0.5) is 0 Å². The summed E-state index contributed by atoms with van der Waals surface area (Å²) in [6, 6.07) is 17.7. The van der Waals surface area contributed by atoms with E-state index in [1.807, 2.05) is 64.2 Å². The van der Waals surface area contributed by atoms with E-state index in [2.05, 4.69) is 15.6 Å². The number of hydrogen-bond acceptors (Lipinski definition) is 6. The first-order valence-corrected chi connectivity index (χ1v) is 12.0. The monoisotopic (exact) mass is 449 g/mol. The third-order valence-electron chi connectivity index (χ3n) is 6.10. The van der Waals surface area contributed by atoms with Gasteiger partial charge in [0.2, 0.25) is 11.1 Å². The first-order chi connectivity index (χ1) is 15.7. The number of methoxy groups -OCH3 is 1. The van der Waals surface area contributed by atoms with Gasteiger partial charge in [-0.2, -0.15) is 0 Å². The van der Waals surface area contributed by atoms with Crippen LogP contribution in [0.3, 0.4) is 0 Å². The summed E-state index contributed by atoms with van der Waals surface area (Å²) in [7, 11) is 1.66. The first-order valence-electron chi connectivity index (χ1n) is 11.1. The zero-order valence-corrected chi connectivity index (χ0v) is 18.9. The highest BCUT2D eigenvalue weighted by Gasteiger charge is 2.40. The van der Waals surface area contributed by atoms with Crippen LogP contribution in [-0.2, 0) is 4.79 Å². The fourth-order valence-corrected chi connectivity index (χ4v) is 5.51. The van der Waals surface area contributed by atoms with Crippen LogP contribution in [0, 0.1) is 0 Å². The summed E-state index contributed by atoms with van der Waals surface area (Å²) in [5.74, 6) is 1.70. The van der Waals surface area contributed by atoms with Crippen LogP contribution >= 0.6 is 11.8 Å². The largest absolute Gasteiger partial charge is 0.497 e. The lowest BCUT2D eigenvalue weighted by Gasteiger charge is -2.35. The van der Waals surface area contributed by atoms with Gasteiger partial charge in [0, 0.05) is 18.7 Å². The molecular weight excluding hydrogens is 422 g/mol. The zero-order valence-electron chi connectivity index (χ0n) is 18.1. The van der Waals surface area contributed by atoms with Gasteiger partial charge in [-0.15, -0.1) is 10.2 Å². The van der Waals surface area contributed by atoms with Crippen LogP contribution in [0.15, 0.2) is 59.8 Å². The van der Waals surface area contributed by atoms with E-state index in [1.54, 1.807) is 7.11 Å². The Labute approximate surface area is 192 Å². The molecule has 32 heavy (non-hydrogen) atoms. The molecule has 0 spiro atoms. The maximum absolute atomic E-state index is 13.7. The van der Waals surface area contributed by atoms with Gasteiger partial charge in [-0.3, -0.25) is 4.79 Å². The fraction of sp³-hybridized carbons (Fsp3) is 0.375. The third kappa shape index (κ3) is 4.07. The average molecular weight is 450 g/mol. The molecule has 5 rings (SSSR count). The molecule has 3 aromatic rings. The highest BCUT2D eigenvalue weighted by atomic mass is 32.2. The standard InChI is InChI=1S/C24H27N5O2S/c1-31-19-13-11-17(12-14-19)20-21(23(30)28-15-7-2-3-8-16-28)32-24-26-25-22(29(24)27-20)18-9-5-4-6-10-18/h4-6,9-14,20-21,27H,2-3,7-8,15-16H2,1H3. The molecule has 0 bridgehead atoms. The van der Waals surface area contributed by atoms with Crippen LogP contribution in [0.25, 0.3) is 11.4 Å². The highest BCUT2D eigenvalue weighted by molar-refractivity contribution is 8.00. The van der Waals surface area contributed by atoms with Crippen molar-refractivity contribution in [3.8, 4) is 17.1 Å². The van der Waals surface area contributed by atoms with E-state index in [-0.39, 0.29) is 17.2 Å². The molecule has 2 aromatic carbocycles. The summed E-state index contributed by atoms with van der Waals surface area (Å²) in [6.45, 7) is 1.65. The van der Waals surface area contributed by atoms with E-state index in [4.69, 9.17) is 4.74 Å². The second-order valence-corrected chi connectivity index (χ2v) is 9.27. The second kappa shape index (κ2) is 9.24. The summed E-state index contributed by atoms with van der Waals surface area (Å²) >= 11 is 1.50. The number of ether oxygens (including phenoxy) is 1.